The number of carboxylic acid groups (broad SMARTS) is 1. The van der Waals surface area contributed by atoms with Crippen LogP contribution in [0.4, 0.5) is 0 Å². The summed E-state index contributed by atoms with van der Waals surface area (Å²) in [5, 5.41) is 11.0. The second kappa shape index (κ2) is 3.41. The Bertz CT molecular complexity index is 542. The Kier molecular flexibility index (Phi) is 2.03. The Morgan fingerprint density at radius 2 is 2.38 bits per heavy atom. The summed E-state index contributed by atoms with van der Waals surface area (Å²) in [5.74, 6) is -0.398. The molecule has 5 nitrogen and oxygen atoms in total. The predicted octanol–water partition coefficient (Wildman–Crippen LogP) is 1.90. The van der Waals surface area contributed by atoms with Gasteiger partial charge in [-0.25, -0.2) is 14.8 Å². The maximum absolute atomic E-state index is 10.7. The number of nitrogens with zero attached hydrogens (tertiary/aromatic N) is 3. The van der Waals surface area contributed by atoms with Gasteiger partial charge in [-0.3, -0.25) is 4.57 Å². The molecule has 6 heteroatoms. The van der Waals surface area contributed by atoms with Crippen LogP contribution in [0.3, 0.4) is 0 Å². The zero-order chi connectivity index (χ0) is 11.1. The van der Waals surface area contributed by atoms with E-state index in [2.05, 4.69) is 9.97 Å². The second-order valence-corrected chi connectivity index (χ2v) is 4.64. The van der Waals surface area contributed by atoms with Crippen molar-refractivity contribution in [3.8, 4) is 5.13 Å². The fourth-order valence-corrected chi connectivity index (χ4v) is 2.26. The van der Waals surface area contributed by atoms with Crippen molar-refractivity contribution in [3.63, 3.8) is 0 Å². The van der Waals surface area contributed by atoms with Crippen LogP contribution in [-0.2, 0) is 0 Å². The van der Waals surface area contributed by atoms with E-state index < -0.39 is 5.97 Å². The zero-order valence-electron chi connectivity index (χ0n) is 8.33. The van der Waals surface area contributed by atoms with Gasteiger partial charge in [-0.15, -0.1) is 11.3 Å². The van der Waals surface area contributed by atoms with Crippen molar-refractivity contribution >= 4 is 17.3 Å². The van der Waals surface area contributed by atoms with E-state index in [0.717, 1.165) is 5.69 Å². The van der Waals surface area contributed by atoms with Gasteiger partial charge in [0.05, 0.1) is 5.69 Å². The van der Waals surface area contributed by atoms with Gasteiger partial charge < -0.3 is 5.11 Å². The Labute approximate surface area is 95.4 Å². The smallest absolute Gasteiger partial charge is 0.355 e. The molecule has 0 bridgehead atoms. The van der Waals surface area contributed by atoms with Gasteiger partial charge in [-0.2, -0.15) is 0 Å². The summed E-state index contributed by atoms with van der Waals surface area (Å²) in [5.41, 5.74) is 1.16. The van der Waals surface area contributed by atoms with Crippen molar-refractivity contribution in [2.45, 2.75) is 18.8 Å². The molecule has 1 fully saturated rings. The molecule has 82 valence electrons. The standard InChI is InChI=1S/C10H9N3O2S/c14-9(15)8-4-16-10(12-8)13-3-7(11-5-13)6-1-2-6/h3-6H,1-2H2,(H,14,15). The molecule has 0 saturated heterocycles. The van der Waals surface area contributed by atoms with E-state index in [9.17, 15) is 4.79 Å². The van der Waals surface area contributed by atoms with E-state index in [1.807, 2.05) is 6.20 Å². The zero-order valence-corrected chi connectivity index (χ0v) is 9.15. The highest BCUT2D eigenvalue weighted by molar-refractivity contribution is 7.12. The molecule has 1 saturated carbocycles. The summed E-state index contributed by atoms with van der Waals surface area (Å²) in [6.45, 7) is 0. The molecular weight excluding hydrogens is 226 g/mol. The number of hydrogen-bond donors (Lipinski definition) is 1. The molecule has 0 aromatic carbocycles. The van der Waals surface area contributed by atoms with E-state index in [1.54, 1.807) is 10.9 Å². The molecular formula is C10H9N3O2S. The highest BCUT2D eigenvalue weighted by atomic mass is 32.1. The summed E-state index contributed by atoms with van der Waals surface area (Å²) in [6, 6.07) is 0. The highest BCUT2D eigenvalue weighted by Crippen LogP contribution is 2.39. The number of aromatic nitrogens is 3. The lowest BCUT2D eigenvalue weighted by molar-refractivity contribution is 0.0691. The first-order chi connectivity index (χ1) is 7.74. The fraction of sp³-hybridized carbons (Fsp3) is 0.300. The predicted molar refractivity (Wildman–Crippen MR) is 58.2 cm³/mol. The first kappa shape index (κ1) is 9.53. The monoisotopic (exact) mass is 235 g/mol. The lowest BCUT2D eigenvalue weighted by atomic mass is 10.3. The molecule has 3 rings (SSSR count). The van der Waals surface area contributed by atoms with Gasteiger partial charge in [0.25, 0.3) is 0 Å². The van der Waals surface area contributed by atoms with Crippen molar-refractivity contribution < 1.29 is 9.90 Å². The number of carbonyl (C=O) groups is 1. The number of rotatable bonds is 3. The minimum absolute atomic E-state index is 0.0849. The maximum Gasteiger partial charge on any atom is 0.355 e. The van der Waals surface area contributed by atoms with Gasteiger partial charge in [-0.05, 0) is 12.8 Å². The topological polar surface area (TPSA) is 68.0 Å². The van der Waals surface area contributed by atoms with E-state index >= 15 is 0 Å². The molecule has 1 N–H and O–H groups in total. The molecule has 0 spiro atoms. The van der Waals surface area contributed by atoms with Crippen LogP contribution in [0.5, 0.6) is 0 Å². The van der Waals surface area contributed by atoms with Crippen LogP contribution >= 0.6 is 11.3 Å². The summed E-state index contributed by atoms with van der Waals surface area (Å²) < 4.78 is 1.78. The lowest BCUT2D eigenvalue weighted by Gasteiger charge is -1.92. The van der Waals surface area contributed by atoms with Crippen LogP contribution in [0, 0.1) is 0 Å². The van der Waals surface area contributed by atoms with E-state index in [1.165, 1.54) is 29.6 Å². The minimum Gasteiger partial charge on any atom is -0.476 e. The SMILES string of the molecule is O=C(O)c1csc(-n2cnc(C3CC3)c2)n1. The molecule has 0 unspecified atom stereocenters. The highest BCUT2D eigenvalue weighted by Gasteiger charge is 2.26. The van der Waals surface area contributed by atoms with E-state index in [0.29, 0.717) is 11.0 Å². The van der Waals surface area contributed by atoms with Crippen molar-refractivity contribution in [1.29, 1.82) is 0 Å². The van der Waals surface area contributed by atoms with Gasteiger partial charge in [0.15, 0.2) is 10.8 Å². The first-order valence-electron chi connectivity index (χ1n) is 4.97. The Balaban J connectivity index is 1.91. The van der Waals surface area contributed by atoms with Gasteiger partial charge in [0, 0.05) is 17.5 Å². The third kappa shape index (κ3) is 1.61. The third-order valence-corrected chi connectivity index (χ3v) is 3.38. The molecule has 1 aliphatic carbocycles. The van der Waals surface area contributed by atoms with Crippen LogP contribution in [0.15, 0.2) is 17.9 Å². The molecule has 16 heavy (non-hydrogen) atoms. The minimum atomic E-state index is -0.995. The van der Waals surface area contributed by atoms with Gasteiger partial charge >= 0.3 is 5.97 Å². The third-order valence-electron chi connectivity index (χ3n) is 2.53. The average molecular weight is 235 g/mol. The van der Waals surface area contributed by atoms with Gasteiger partial charge in [-0.1, -0.05) is 0 Å². The molecule has 0 atom stereocenters. The maximum atomic E-state index is 10.7. The first-order valence-corrected chi connectivity index (χ1v) is 5.85. The number of thiazole rings is 1. The Hall–Kier alpha value is -1.69. The van der Waals surface area contributed by atoms with Crippen LogP contribution in [0.2, 0.25) is 0 Å². The number of aromatic carboxylic acids is 1. The summed E-state index contributed by atoms with van der Waals surface area (Å²) in [4.78, 5) is 19.0. The van der Waals surface area contributed by atoms with Crippen LogP contribution < -0.4 is 0 Å². The molecule has 2 heterocycles. The molecule has 0 amide bonds. The van der Waals surface area contributed by atoms with Crippen LogP contribution in [-0.4, -0.2) is 25.6 Å². The molecule has 0 aliphatic heterocycles. The Morgan fingerprint density at radius 1 is 1.56 bits per heavy atom. The van der Waals surface area contributed by atoms with Crippen molar-refractivity contribution in [3.05, 3.63) is 29.3 Å². The molecule has 2 aromatic rings. The quantitative estimate of drug-likeness (QED) is 0.882. The van der Waals surface area contributed by atoms with E-state index in [-0.39, 0.29) is 5.69 Å². The average Bonchev–Trinajstić information content (AvgIpc) is 2.83. The van der Waals surface area contributed by atoms with Gasteiger partial charge in [0.1, 0.15) is 6.33 Å². The Morgan fingerprint density at radius 3 is 3.00 bits per heavy atom. The van der Waals surface area contributed by atoms with Crippen molar-refractivity contribution in [1.82, 2.24) is 14.5 Å². The summed E-state index contributed by atoms with van der Waals surface area (Å²) >= 11 is 1.31. The fourth-order valence-electron chi connectivity index (χ4n) is 1.51. The van der Waals surface area contributed by atoms with Gasteiger partial charge in [0.2, 0.25) is 0 Å². The normalized spacial score (nSPS) is 15.2. The summed E-state index contributed by atoms with van der Waals surface area (Å²) in [6.07, 6.45) is 6.03. The van der Waals surface area contributed by atoms with Crippen LogP contribution in [0.1, 0.15) is 34.9 Å². The number of hydrogen-bond acceptors (Lipinski definition) is 4. The van der Waals surface area contributed by atoms with Crippen molar-refractivity contribution in [2.24, 2.45) is 0 Å². The number of carboxylic acids is 1. The van der Waals surface area contributed by atoms with Crippen molar-refractivity contribution in [2.75, 3.05) is 0 Å². The largest absolute Gasteiger partial charge is 0.476 e. The summed E-state index contributed by atoms with van der Waals surface area (Å²) in [7, 11) is 0. The van der Waals surface area contributed by atoms with E-state index in [4.69, 9.17) is 5.11 Å². The second-order valence-electron chi connectivity index (χ2n) is 3.80. The van der Waals surface area contributed by atoms with Crippen LogP contribution in [0.25, 0.3) is 5.13 Å². The molecule has 2 aromatic heterocycles. The lowest BCUT2D eigenvalue weighted by Crippen LogP contribution is -1.97. The molecule has 0 radical (unpaired) electrons. The number of imidazole rings is 1. The molecule has 1 aliphatic rings.